The van der Waals surface area contributed by atoms with E-state index in [4.69, 9.17) is 5.11 Å². The number of aliphatic hydroxyl groups is 1. The van der Waals surface area contributed by atoms with E-state index in [-0.39, 0.29) is 6.61 Å². The van der Waals surface area contributed by atoms with Gasteiger partial charge in [-0.15, -0.1) is 11.8 Å². The Morgan fingerprint density at radius 2 is 1.67 bits per heavy atom. The minimum Gasteiger partial charge on any atom is -0.392 e. The third-order valence-corrected chi connectivity index (χ3v) is 3.72. The molecule has 0 fully saturated rings. The van der Waals surface area contributed by atoms with Gasteiger partial charge in [-0.3, -0.25) is 0 Å². The Kier molecular flexibility index (Phi) is 5.06. The predicted octanol–water partition coefficient (Wildman–Crippen LogP) is 3.98. The minimum atomic E-state index is 0.0810. The zero-order chi connectivity index (χ0) is 12.6. The van der Waals surface area contributed by atoms with Gasteiger partial charge in [0.05, 0.1) is 6.61 Å². The Morgan fingerprint density at radius 1 is 0.944 bits per heavy atom. The first-order valence-electron chi connectivity index (χ1n) is 5.93. The van der Waals surface area contributed by atoms with Gasteiger partial charge in [0.2, 0.25) is 0 Å². The summed E-state index contributed by atoms with van der Waals surface area (Å²) in [6, 6.07) is 18.7. The summed E-state index contributed by atoms with van der Waals surface area (Å²) in [5.41, 5.74) is 2.48. The van der Waals surface area contributed by atoms with Crippen LogP contribution in [0.2, 0.25) is 0 Å². The molecule has 1 N–H and O–H groups in total. The van der Waals surface area contributed by atoms with Crippen molar-refractivity contribution in [3.63, 3.8) is 0 Å². The van der Waals surface area contributed by atoms with Crippen LogP contribution in [0.1, 0.15) is 11.1 Å². The smallest absolute Gasteiger partial charge is 0.0615 e. The highest BCUT2D eigenvalue weighted by atomic mass is 32.2. The van der Waals surface area contributed by atoms with Crippen molar-refractivity contribution in [2.75, 3.05) is 6.61 Å². The lowest BCUT2D eigenvalue weighted by Crippen LogP contribution is -1.83. The predicted molar refractivity (Wildman–Crippen MR) is 78.6 cm³/mol. The third kappa shape index (κ3) is 3.76. The summed E-state index contributed by atoms with van der Waals surface area (Å²) in [5, 5.41) is 8.83. The third-order valence-electron chi connectivity index (χ3n) is 2.56. The highest BCUT2D eigenvalue weighted by molar-refractivity contribution is 7.98. The Balaban J connectivity index is 2.07. The van der Waals surface area contributed by atoms with Crippen molar-refractivity contribution in [2.45, 2.75) is 10.6 Å². The van der Waals surface area contributed by atoms with Crippen LogP contribution < -0.4 is 0 Å². The molecule has 0 heterocycles. The zero-order valence-corrected chi connectivity index (χ0v) is 10.9. The van der Waals surface area contributed by atoms with Crippen LogP contribution >= 0.6 is 11.8 Å². The molecule has 2 rings (SSSR count). The Morgan fingerprint density at radius 3 is 2.44 bits per heavy atom. The molecule has 0 aliphatic heterocycles. The summed E-state index contributed by atoms with van der Waals surface area (Å²) >= 11 is 1.82. The van der Waals surface area contributed by atoms with Gasteiger partial charge in [-0.1, -0.05) is 60.7 Å². The molecule has 0 aliphatic rings. The molecule has 0 saturated heterocycles. The fourth-order valence-electron chi connectivity index (χ4n) is 1.66. The monoisotopic (exact) mass is 256 g/mol. The van der Waals surface area contributed by atoms with Crippen molar-refractivity contribution in [1.82, 2.24) is 0 Å². The van der Waals surface area contributed by atoms with Gasteiger partial charge in [0, 0.05) is 10.6 Å². The molecule has 0 amide bonds. The highest BCUT2D eigenvalue weighted by Crippen LogP contribution is 2.26. The van der Waals surface area contributed by atoms with Crippen molar-refractivity contribution < 1.29 is 5.11 Å². The molecular formula is C16H16OS. The van der Waals surface area contributed by atoms with Gasteiger partial charge in [0.15, 0.2) is 0 Å². The lowest BCUT2D eigenvalue weighted by Gasteiger charge is -2.05. The van der Waals surface area contributed by atoms with Crippen LogP contribution in [0.4, 0.5) is 0 Å². The molecular weight excluding hydrogens is 240 g/mol. The molecule has 0 unspecified atom stereocenters. The largest absolute Gasteiger partial charge is 0.392 e. The first-order valence-corrected chi connectivity index (χ1v) is 6.92. The summed E-state index contributed by atoms with van der Waals surface area (Å²) in [6.45, 7) is 0.0810. The molecule has 92 valence electrons. The Hall–Kier alpha value is -1.51. The van der Waals surface area contributed by atoms with E-state index in [9.17, 15) is 0 Å². The lowest BCUT2D eigenvalue weighted by atomic mass is 10.2. The fourth-order valence-corrected chi connectivity index (χ4v) is 2.66. The molecule has 1 nitrogen and oxygen atoms in total. The summed E-state index contributed by atoms with van der Waals surface area (Å²) in [7, 11) is 0. The second-order valence-electron chi connectivity index (χ2n) is 3.90. The van der Waals surface area contributed by atoms with Gasteiger partial charge >= 0.3 is 0 Å². The Bertz CT molecular complexity index is 506. The fraction of sp³-hybridized carbons (Fsp3) is 0.125. The van der Waals surface area contributed by atoms with Crippen LogP contribution in [0.3, 0.4) is 0 Å². The molecule has 0 spiro atoms. The van der Waals surface area contributed by atoms with Crippen molar-refractivity contribution in [1.29, 1.82) is 0 Å². The van der Waals surface area contributed by atoms with Crippen molar-refractivity contribution in [3.8, 4) is 0 Å². The molecule has 2 aromatic rings. The lowest BCUT2D eigenvalue weighted by molar-refractivity contribution is 0.343. The van der Waals surface area contributed by atoms with Crippen LogP contribution in [0.15, 0.2) is 65.6 Å². The zero-order valence-electron chi connectivity index (χ0n) is 10.1. The number of thioether (sulfide) groups is 1. The van der Waals surface area contributed by atoms with Gasteiger partial charge in [0.1, 0.15) is 0 Å². The maximum absolute atomic E-state index is 8.83. The number of hydrogen-bond donors (Lipinski definition) is 1. The van der Waals surface area contributed by atoms with Gasteiger partial charge in [-0.05, 0) is 17.2 Å². The van der Waals surface area contributed by atoms with Crippen LogP contribution in [-0.4, -0.2) is 11.7 Å². The van der Waals surface area contributed by atoms with Gasteiger partial charge < -0.3 is 5.11 Å². The van der Waals surface area contributed by atoms with Gasteiger partial charge in [0.25, 0.3) is 0 Å². The summed E-state index contributed by atoms with van der Waals surface area (Å²) in [5.74, 6) is 0.963. The van der Waals surface area contributed by atoms with E-state index in [1.807, 2.05) is 36.0 Å². The van der Waals surface area contributed by atoms with E-state index >= 15 is 0 Å². The van der Waals surface area contributed by atoms with Crippen LogP contribution in [0.5, 0.6) is 0 Å². The maximum atomic E-state index is 8.83. The maximum Gasteiger partial charge on any atom is 0.0615 e. The van der Waals surface area contributed by atoms with Crippen molar-refractivity contribution >= 4 is 17.8 Å². The summed E-state index contributed by atoms with van der Waals surface area (Å²) in [4.78, 5) is 1.24. The molecule has 0 radical (unpaired) electrons. The average Bonchev–Trinajstić information content (AvgIpc) is 2.45. The molecule has 18 heavy (non-hydrogen) atoms. The molecule has 2 heteroatoms. The molecule has 0 aromatic heterocycles. The first kappa shape index (κ1) is 12.9. The second kappa shape index (κ2) is 7.04. The molecule has 0 saturated carbocycles. The number of rotatable bonds is 5. The number of hydrogen-bond acceptors (Lipinski definition) is 2. The second-order valence-corrected chi connectivity index (χ2v) is 4.91. The molecule has 0 bridgehead atoms. The quantitative estimate of drug-likeness (QED) is 0.816. The van der Waals surface area contributed by atoms with E-state index in [2.05, 4.69) is 36.4 Å². The van der Waals surface area contributed by atoms with Crippen molar-refractivity contribution in [2.24, 2.45) is 0 Å². The first-order chi connectivity index (χ1) is 8.90. The van der Waals surface area contributed by atoms with E-state index in [0.29, 0.717) is 0 Å². The normalized spacial score (nSPS) is 10.9. The van der Waals surface area contributed by atoms with E-state index < -0.39 is 0 Å². The van der Waals surface area contributed by atoms with Crippen molar-refractivity contribution in [3.05, 3.63) is 71.8 Å². The van der Waals surface area contributed by atoms with E-state index in [0.717, 1.165) is 11.3 Å². The van der Waals surface area contributed by atoms with Crippen LogP contribution in [0, 0.1) is 0 Å². The van der Waals surface area contributed by atoms with Crippen LogP contribution in [0.25, 0.3) is 6.08 Å². The van der Waals surface area contributed by atoms with Gasteiger partial charge in [-0.2, -0.15) is 0 Å². The molecule has 0 aliphatic carbocycles. The summed E-state index contributed by atoms with van der Waals surface area (Å²) in [6.07, 6.45) is 3.73. The average molecular weight is 256 g/mol. The van der Waals surface area contributed by atoms with E-state index in [1.165, 1.54) is 10.5 Å². The van der Waals surface area contributed by atoms with Crippen LogP contribution in [-0.2, 0) is 5.75 Å². The number of aliphatic hydroxyl groups excluding tert-OH is 1. The SMILES string of the molecule is OC/C=C/c1ccccc1SCc1ccccc1. The Labute approximate surface area is 112 Å². The summed E-state index contributed by atoms with van der Waals surface area (Å²) < 4.78 is 0. The number of benzene rings is 2. The topological polar surface area (TPSA) is 20.2 Å². The standard InChI is InChI=1S/C16H16OS/c17-12-6-10-15-9-4-5-11-16(15)18-13-14-7-2-1-3-8-14/h1-11,17H,12-13H2/b10-6+. The van der Waals surface area contributed by atoms with Gasteiger partial charge in [-0.25, -0.2) is 0 Å². The minimum absolute atomic E-state index is 0.0810. The van der Waals surface area contributed by atoms with E-state index in [1.54, 1.807) is 6.08 Å². The molecule has 2 aromatic carbocycles. The highest BCUT2D eigenvalue weighted by Gasteiger charge is 2.00. The molecule has 0 atom stereocenters.